The van der Waals surface area contributed by atoms with Crippen molar-refractivity contribution >= 4 is 29.0 Å². The first-order valence-corrected chi connectivity index (χ1v) is 10.5. The van der Waals surface area contributed by atoms with Gasteiger partial charge in [0.1, 0.15) is 11.6 Å². The molecule has 0 radical (unpaired) electrons. The van der Waals surface area contributed by atoms with Crippen molar-refractivity contribution in [2.24, 2.45) is 5.92 Å². The number of carbonyl (C=O) groups excluding carboxylic acids is 1. The van der Waals surface area contributed by atoms with E-state index in [4.69, 9.17) is 11.6 Å². The predicted molar refractivity (Wildman–Crippen MR) is 120 cm³/mol. The van der Waals surface area contributed by atoms with Crippen molar-refractivity contribution in [3.63, 3.8) is 0 Å². The van der Waals surface area contributed by atoms with Crippen molar-refractivity contribution < 1.29 is 9.18 Å². The molecule has 0 saturated carbocycles. The lowest BCUT2D eigenvalue weighted by Crippen LogP contribution is -2.41. The average Bonchev–Trinajstić information content (AvgIpc) is 2.77. The van der Waals surface area contributed by atoms with E-state index in [-0.39, 0.29) is 23.2 Å². The fourth-order valence-electron chi connectivity index (χ4n) is 3.69. The van der Waals surface area contributed by atoms with Crippen LogP contribution in [-0.4, -0.2) is 28.8 Å². The molecule has 0 spiro atoms. The maximum absolute atomic E-state index is 13.2. The van der Waals surface area contributed by atoms with Gasteiger partial charge in [0.25, 0.3) is 5.56 Å². The highest BCUT2D eigenvalue weighted by Crippen LogP contribution is 2.26. The number of carbonyl (C=O) groups is 1. The molecule has 3 aromatic rings. The molecule has 1 atom stereocenters. The monoisotopic (exact) mass is 440 g/mol. The summed E-state index contributed by atoms with van der Waals surface area (Å²) in [5, 5.41) is 7.88. The molecule has 2 heterocycles. The van der Waals surface area contributed by atoms with E-state index in [1.165, 1.54) is 35.0 Å². The Morgan fingerprint density at radius 3 is 2.68 bits per heavy atom. The van der Waals surface area contributed by atoms with E-state index in [9.17, 15) is 14.0 Å². The Hall–Kier alpha value is -3.19. The molecule has 0 bridgehead atoms. The number of rotatable bonds is 4. The number of hydrogen-bond donors (Lipinski definition) is 1. The minimum absolute atomic E-state index is 0.0951. The van der Waals surface area contributed by atoms with Crippen molar-refractivity contribution in [1.82, 2.24) is 9.78 Å². The van der Waals surface area contributed by atoms with Gasteiger partial charge in [-0.15, -0.1) is 5.10 Å². The fourth-order valence-corrected chi connectivity index (χ4v) is 3.98. The third kappa shape index (κ3) is 4.77. The number of aromatic nitrogens is 2. The number of nitrogens with zero attached hydrogens (tertiary/aromatic N) is 3. The van der Waals surface area contributed by atoms with Crippen molar-refractivity contribution in [3.05, 3.63) is 81.4 Å². The summed E-state index contributed by atoms with van der Waals surface area (Å²) in [5.41, 5.74) is 1.79. The van der Waals surface area contributed by atoms with Gasteiger partial charge in [-0.1, -0.05) is 17.7 Å². The number of hydrogen-bond acceptors (Lipinski definition) is 4. The average molecular weight is 441 g/mol. The molecular weight excluding hydrogens is 419 g/mol. The predicted octanol–water partition coefficient (Wildman–Crippen LogP) is 4.19. The van der Waals surface area contributed by atoms with Crippen molar-refractivity contribution in [2.45, 2.75) is 19.8 Å². The van der Waals surface area contributed by atoms with Gasteiger partial charge < -0.3 is 10.2 Å². The summed E-state index contributed by atoms with van der Waals surface area (Å²) >= 11 is 6.25. The van der Waals surface area contributed by atoms with Crippen LogP contribution in [0, 0.1) is 18.7 Å². The summed E-state index contributed by atoms with van der Waals surface area (Å²) in [6.07, 6.45) is 1.57. The maximum atomic E-state index is 13.2. The Bertz CT molecular complexity index is 1160. The lowest BCUT2D eigenvalue weighted by molar-refractivity contribution is -0.120. The molecule has 6 nitrogen and oxygen atoms in total. The van der Waals surface area contributed by atoms with Crippen molar-refractivity contribution in [2.75, 3.05) is 23.3 Å². The molecule has 1 amide bonds. The summed E-state index contributed by atoms with van der Waals surface area (Å²) in [5.74, 6) is -0.122. The maximum Gasteiger partial charge on any atom is 0.271 e. The van der Waals surface area contributed by atoms with E-state index in [1.807, 2.05) is 24.0 Å². The summed E-state index contributed by atoms with van der Waals surface area (Å²) in [4.78, 5) is 27.1. The molecule has 160 valence electrons. The molecule has 1 aliphatic rings. The zero-order valence-electron chi connectivity index (χ0n) is 17.0. The van der Waals surface area contributed by atoms with Gasteiger partial charge in [0, 0.05) is 19.2 Å². The second kappa shape index (κ2) is 8.89. The molecule has 1 aliphatic heterocycles. The Labute approximate surface area is 184 Å². The van der Waals surface area contributed by atoms with Crippen LogP contribution in [0.25, 0.3) is 5.69 Å². The zero-order chi connectivity index (χ0) is 22.0. The smallest absolute Gasteiger partial charge is 0.271 e. The summed E-state index contributed by atoms with van der Waals surface area (Å²) in [7, 11) is 0. The second-order valence-corrected chi connectivity index (χ2v) is 8.08. The normalized spacial score (nSPS) is 16.2. The molecule has 8 heteroatoms. The van der Waals surface area contributed by atoms with Crippen LogP contribution in [0.2, 0.25) is 5.02 Å². The standard InChI is InChI=1S/C23H22ClFN4O2/c1-15-4-9-20(19(24)13-15)26-23(31)16-3-2-12-28(14-16)21-10-11-22(30)29(27-21)18-7-5-17(25)6-8-18/h4-11,13,16H,2-3,12,14H2,1H3,(H,26,31)/t16-/m0/s1. The molecule has 0 aliphatic carbocycles. The zero-order valence-corrected chi connectivity index (χ0v) is 17.8. The summed E-state index contributed by atoms with van der Waals surface area (Å²) in [6, 6.07) is 14.2. The van der Waals surface area contributed by atoms with Crippen molar-refractivity contribution in [3.8, 4) is 5.69 Å². The van der Waals surface area contributed by atoms with Gasteiger partial charge in [-0.25, -0.2) is 4.39 Å². The topological polar surface area (TPSA) is 67.2 Å². The minimum Gasteiger partial charge on any atom is -0.354 e. The molecule has 1 fully saturated rings. The molecule has 4 rings (SSSR count). The highest BCUT2D eigenvalue weighted by atomic mass is 35.5. The molecule has 31 heavy (non-hydrogen) atoms. The van der Waals surface area contributed by atoms with Crippen LogP contribution in [0.1, 0.15) is 18.4 Å². The van der Waals surface area contributed by atoms with Gasteiger partial charge in [0.05, 0.1) is 22.3 Å². The van der Waals surface area contributed by atoms with Gasteiger partial charge in [-0.2, -0.15) is 4.68 Å². The molecular formula is C23H22ClFN4O2. The van der Waals surface area contributed by atoms with Gasteiger partial charge in [-0.05, 0) is 67.8 Å². The molecule has 1 aromatic heterocycles. The first-order chi connectivity index (χ1) is 14.9. The van der Waals surface area contributed by atoms with Gasteiger partial charge in [0.15, 0.2) is 0 Å². The minimum atomic E-state index is -0.383. The number of benzene rings is 2. The lowest BCUT2D eigenvalue weighted by atomic mass is 9.97. The van der Waals surface area contributed by atoms with Crippen LogP contribution < -0.4 is 15.8 Å². The number of amides is 1. The Morgan fingerprint density at radius 1 is 1.16 bits per heavy atom. The van der Waals surface area contributed by atoms with E-state index < -0.39 is 0 Å². The highest BCUT2D eigenvalue weighted by Gasteiger charge is 2.27. The number of piperidine rings is 1. The van der Waals surface area contributed by atoms with Crippen molar-refractivity contribution in [1.29, 1.82) is 0 Å². The molecule has 1 N–H and O–H groups in total. The van der Waals surface area contributed by atoms with Gasteiger partial charge >= 0.3 is 0 Å². The molecule has 2 aromatic carbocycles. The third-order valence-electron chi connectivity index (χ3n) is 5.36. The number of aryl methyl sites for hydroxylation is 1. The van der Waals surface area contributed by atoms with E-state index in [0.29, 0.717) is 28.8 Å². The largest absolute Gasteiger partial charge is 0.354 e. The Morgan fingerprint density at radius 2 is 1.94 bits per heavy atom. The Kier molecular flexibility index (Phi) is 6.04. The van der Waals surface area contributed by atoms with Crippen LogP contribution in [0.15, 0.2) is 59.4 Å². The highest BCUT2D eigenvalue weighted by molar-refractivity contribution is 6.33. The van der Waals surface area contributed by atoms with Crippen LogP contribution >= 0.6 is 11.6 Å². The van der Waals surface area contributed by atoms with E-state index in [0.717, 1.165) is 24.9 Å². The number of halogens is 2. The van der Waals surface area contributed by atoms with Crippen LogP contribution in [-0.2, 0) is 4.79 Å². The molecule has 0 unspecified atom stereocenters. The lowest BCUT2D eigenvalue weighted by Gasteiger charge is -2.33. The van der Waals surface area contributed by atoms with Crippen LogP contribution in [0.5, 0.6) is 0 Å². The summed E-state index contributed by atoms with van der Waals surface area (Å²) < 4.78 is 14.5. The Balaban J connectivity index is 1.52. The first kappa shape index (κ1) is 21.1. The summed E-state index contributed by atoms with van der Waals surface area (Å²) in [6.45, 7) is 3.14. The fraction of sp³-hybridized carbons (Fsp3) is 0.261. The van der Waals surface area contributed by atoms with E-state index in [2.05, 4.69) is 10.4 Å². The van der Waals surface area contributed by atoms with Gasteiger partial charge in [0.2, 0.25) is 5.91 Å². The number of nitrogens with one attached hydrogen (secondary N) is 1. The quantitative estimate of drug-likeness (QED) is 0.660. The first-order valence-electron chi connectivity index (χ1n) is 10.1. The molecule has 1 saturated heterocycles. The van der Waals surface area contributed by atoms with Crippen LogP contribution in [0.4, 0.5) is 15.9 Å². The third-order valence-corrected chi connectivity index (χ3v) is 5.67. The SMILES string of the molecule is Cc1ccc(NC(=O)[C@H]2CCCN(c3ccc(=O)n(-c4ccc(F)cc4)n3)C2)c(Cl)c1. The van der Waals surface area contributed by atoms with E-state index >= 15 is 0 Å². The van der Waals surface area contributed by atoms with Gasteiger partial charge in [-0.3, -0.25) is 9.59 Å². The van der Waals surface area contributed by atoms with E-state index in [1.54, 1.807) is 12.1 Å². The second-order valence-electron chi connectivity index (χ2n) is 7.68. The van der Waals surface area contributed by atoms with Crippen LogP contribution in [0.3, 0.4) is 0 Å². The number of anilines is 2.